The quantitative estimate of drug-likeness (QED) is 0.646. The molecule has 1 unspecified atom stereocenters. The number of carbonyl (C=O) groups excluding carboxylic acids is 1. The molecule has 4 nitrogen and oxygen atoms in total. The molecule has 1 saturated heterocycles. The van der Waals surface area contributed by atoms with E-state index in [-0.39, 0.29) is 29.2 Å². The van der Waals surface area contributed by atoms with Gasteiger partial charge in [-0.15, -0.1) is 0 Å². The van der Waals surface area contributed by atoms with E-state index in [0.717, 1.165) is 0 Å². The molecule has 0 bridgehead atoms. The second-order valence-electron chi connectivity index (χ2n) is 3.22. The minimum atomic E-state index is -2.90. The highest BCUT2D eigenvalue weighted by Crippen LogP contribution is 2.16. The first-order chi connectivity index (χ1) is 5.96. The first kappa shape index (κ1) is 10.8. The molecule has 1 fully saturated rings. The highest BCUT2D eigenvalue weighted by atomic mass is 32.2. The molecule has 0 spiro atoms. The lowest BCUT2D eigenvalue weighted by Crippen LogP contribution is -2.38. The van der Waals surface area contributed by atoms with E-state index in [4.69, 9.17) is 0 Å². The van der Waals surface area contributed by atoms with Crippen LogP contribution in [0.5, 0.6) is 0 Å². The summed E-state index contributed by atoms with van der Waals surface area (Å²) in [7, 11) is -1.27. The van der Waals surface area contributed by atoms with Gasteiger partial charge in [-0.1, -0.05) is 0 Å². The van der Waals surface area contributed by atoms with E-state index < -0.39 is 9.84 Å². The number of amides is 1. The Bertz CT molecular complexity index is 299. The van der Waals surface area contributed by atoms with Gasteiger partial charge in [0.05, 0.1) is 17.3 Å². The van der Waals surface area contributed by atoms with Gasteiger partial charge in [0.2, 0.25) is 5.91 Å². The van der Waals surface area contributed by atoms with Gasteiger partial charge in [-0.3, -0.25) is 4.79 Å². The number of nitrogens with zero attached hydrogens (tertiary/aromatic N) is 1. The van der Waals surface area contributed by atoms with Gasteiger partial charge in [0.25, 0.3) is 0 Å². The number of thiol groups is 1. The second-order valence-corrected chi connectivity index (χ2v) is 5.76. The average molecular weight is 223 g/mol. The Hall–Kier alpha value is -0.230. The van der Waals surface area contributed by atoms with E-state index in [0.29, 0.717) is 6.42 Å². The van der Waals surface area contributed by atoms with Crippen molar-refractivity contribution in [2.24, 2.45) is 0 Å². The van der Waals surface area contributed by atoms with Crippen molar-refractivity contribution in [3.63, 3.8) is 0 Å². The molecular weight excluding hydrogens is 210 g/mol. The van der Waals surface area contributed by atoms with Gasteiger partial charge >= 0.3 is 0 Å². The second kappa shape index (κ2) is 3.88. The van der Waals surface area contributed by atoms with Crippen molar-refractivity contribution in [2.45, 2.75) is 12.5 Å². The maximum absolute atomic E-state index is 11.2. The maximum atomic E-state index is 11.2. The molecule has 1 heterocycles. The van der Waals surface area contributed by atoms with Crippen molar-refractivity contribution in [1.29, 1.82) is 0 Å². The predicted octanol–water partition coefficient (Wildman–Crippen LogP) is -0.438. The van der Waals surface area contributed by atoms with Crippen LogP contribution in [0.25, 0.3) is 0 Å². The molecule has 6 heteroatoms. The minimum Gasteiger partial charge on any atom is -0.341 e. The molecule has 1 atom stereocenters. The van der Waals surface area contributed by atoms with Crippen LogP contribution in [0.3, 0.4) is 0 Å². The lowest BCUT2D eigenvalue weighted by Gasteiger charge is -2.22. The summed E-state index contributed by atoms with van der Waals surface area (Å²) in [6, 6.07) is -0.148. The van der Waals surface area contributed by atoms with E-state index in [1.165, 1.54) is 4.90 Å². The molecule has 0 aromatic carbocycles. The van der Waals surface area contributed by atoms with Crippen molar-refractivity contribution < 1.29 is 13.2 Å². The van der Waals surface area contributed by atoms with Gasteiger partial charge in [0.1, 0.15) is 0 Å². The van der Waals surface area contributed by atoms with Crippen LogP contribution in [0.1, 0.15) is 6.42 Å². The Morgan fingerprint density at radius 3 is 2.62 bits per heavy atom. The Labute approximate surface area is 83.6 Å². The van der Waals surface area contributed by atoms with Crippen LogP contribution in [-0.4, -0.2) is 49.6 Å². The number of carbonyl (C=O) groups is 1. The normalized spacial score (nSPS) is 25.8. The number of sulfone groups is 1. The standard InChI is InChI=1S/C7H13NO3S2/c1-8(7(9)4-12)6-2-3-13(10,11)5-6/h6,12H,2-5H2,1H3. The zero-order valence-corrected chi connectivity index (χ0v) is 9.14. The van der Waals surface area contributed by atoms with Crippen LogP contribution >= 0.6 is 12.6 Å². The van der Waals surface area contributed by atoms with Crippen molar-refractivity contribution >= 4 is 28.4 Å². The van der Waals surface area contributed by atoms with E-state index >= 15 is 0 Å². The zero-order chi connectivity index (χ0) is 10.1. The number of hydrogen-bond donors (Lipinski definition) is 1. The lowest BCUT2D eigenvalue weighted by molar-refractivity contribution is -0.128. The molecule has 0 aromatic rings. The maximum Gasteiger partial charge on any atom is 0.232 e. The largest absolute Gasteiger partial charge is 0.341 e. The first-order valence-corrected chi connectivity index (χ1v) is 6.48. The predicted molar refractivity (Wildman–Crippen MR) is 53.7 cm³/mol. The summed E-state index contributed by atoms with van der Waals surface area (Å²) in [6.45, 7) is 0. The average Bonchev–Trinajstić information content (AvgIpc) is 2.43. The molecule has 0 aliphatic carbocycles. The molecule has 1 rings (SSSR count). The van der Waals surface area contributed by atoms with E-state index in [2.05, 4.69) is 12.6 Å². The summed E-state index contributed by atoms with van der Waals surface area (Å²) in [5.41, 5.74) is 0. The Morgan fingerprint density at radius 1 is 1.62 bits per heavy atom. The Morgan fingerprint density at radius 2 is 2.23 bits per heavy atom. The molecule has 1 amide bonds. The lowest BCUT2D eigenvalue weighted by atomic mass is 10.2. The van der Waals surface area contributed by atoms with Crippen LogP contribution in [0.4, 0.5) is 0 Å². The molecule has 0 saturated carbocycles. The van der Waals surface area contributed by atoms with E-state index in [1.54, 1.807) is 7.05 Å². The highest BCUT2D eigenvalue weighted by Gasteiger charge is 2.32. The van der Waals surface area contributed by atoms with E-state index in [1.807, 2.05) is 0 Å². The molecule has 13 heavy (non-hydrogen) atoms. The SMILES string of the molecule is CN(C(=O)CS)C1CCS(=O)(=O)C1. The van der Waals surface area contributed by atoms with Gasteiger partial charge in [-0.2, -0.15) is 12.6 Å². The molecule has 1 aliphatic heterocycles. The smallest absolute Gasteiger partial charge is 0.232 e. The topological polar surface area (TPSA) is 54.5 Å². The molecular formula is C7H13NO3S2. The van der Waals surface area contributed by atoms with Crippen LogP contribution < -0.4 is 0 Å². The number of hydrogen-bond acceptors (Lipinski definition) is 4. The zero-order valence-electron chi connectivity index (χ0n) is 7.43. The van der Waals surface area contributed by atoms with E-state index in [9.17, 15) is 13.2 Å². The third kappa shape index (κ3) is 2.60. The third-order valence-corrected chi connectivity index (χ3v) is 4.31. The molecule has 76 valence electrons. The Kier molecular flexibility index (Phi) is 3.23. The fourth-order valence-corrected chi connectivity index (χ4v) is 3.39. The summed E-state index contributed by atoms with van der Waals surface area (Å²) in [5, 5.41) is 0. The van der Waals surface area contributed by atoms with Gasteiger partial charge in [0.15, 0.2) is 9.84 Å². The molecule has 0 radical (unpaired) electrons. The van der Waals surface area contributed by atoms with Crippen LogP contribution in [-0.2, 0) is 14.6 Å². The highest BCUT2D eigenvalue weighted by molar-refractivity contribution is 7.91. The molecule has 0 aromatic heterocycles. The Balaban J connectivity index is 2.61. The fourth-order valence-electron chi connectivity index (χ4n) is 1.40. The number of rotatable bonds is 2. The van der Waals surface area contributed by atoms with Crippen LogP contribution in [0, 0.1) is 0 Å². The van der Waals surface area contributed by atoms with Crippen molar-refractivity contribution in [3.8, 4) is 0 Å². The monoisotopic (exact) mass is 223 g/mol. The fraction of sp³-hybridized carbons (Fsp3) is 0.857. The summed E-state index contributed by atoms with van der Waals surface area (Å²) in [4.78, 5) is 12.6. The van der Waals surface area contributed by atoms with Crippen LogP contribution in [0.15, 0.2) is 0 Å². The van der Waals surface area contributed by atoms with Gasteiger partial charge < -0.3 is 4.90 Å². The van der Waals surface area contributed by atoms with Crippen molar-refractivity contribution in [1.82, 2.24) is 4.90 Å². The van der Waals surface area contributed by atoms with Gasteiger partial charge in [0, 0.05) is 13.1 Å². The first-order valence-electron chi connectivity index (χ1n) is 4.03. The summed E-state index contributed by atoms with van der Waals surface area (Å²) >= 11 is 3.85. The van der Waals surface area contributed by atoms with Crippen molar-refractivity contribution in [3.05, 3.63) is 0 Å². The minimum absolute atomic E-state index is 0.100. The summed E-state index contributed by atoms with van der Waals surface area (Å²) in [6.07, 6.45) is 0.554. The summed E-state index contributed by atoms with van der Waals surface area (Å²) in [5.74, 6) is 0.309. The van der Waals surface area contributed by atoms with Crippen molar-refractivity contribution in [2.75, 3.05) is 24.3 Å². The van der Waals surface area contributed by atoms with Crippen LogP contribution in [0.2, 0.25) is 0 Å². The van der Waals surface area contributed by atoms with Gasteiger partial charge in [-0.05, 0) is 6.42 Å². The molecule has 0 N–H and O–H groups in total. The third-order valence-electron chi connectivity index (χ3n) is 2.28. The summed E-state index contributed by atoms with van der Waals surface area (Å²) < 4.78 is 22.2. The molecule has 1 aliphatic rings. The van der Waals surface area contributed by atoms with Gasteiger partial charge in [-0.25, -0.2) is 8.42 Å².